The predicted octanol–water partition coefficient (Wildman–Crippen LogP) is 1.69. The van der Waals surface area contributed by atoms with Crippen molar-refractivity contribution in [2.24, 2.45) is 0 Å². The topological polar surface area (TPSA) is 29.1 Å². The summed E-state index contributed by atoms with van der Waals surface area (Å²) in [5, 5.41) is 3.45. The van der Waals surface area contributed by atoms with Gasteiger partial charge in [-0.3, -0.25) is 4.21 Å². The Morgan fingerprint density at radius 1 is 1.20 bits per heavy atom. The third kappa shape index (κ3) is 2.63. The fraction of sp³-hybridized carbons (Fsp3) is 0.455. The Bertz CT molecular complexity index is 346. The first-order chi connectivity index (χ1) is 7.27. The van der Waals surface area contributed by atoms with E-state index in [9.17, 15) is 8.60 Å². The van der Waals surface area contributed by atoms with Gasteiger partial charge in [-0.05, 0) is 50.2 Å². The molecule has 1 aromatic rings. The largest absolute Gasteiger partial charge is 0.317 e. The average molecular weight is 227 g/mol. The maximum atomic E-state index is 12.7. The molecule has 0 radical (unpaired) electrons. The van der Waals surface area contributed by atoms with Crippen molar-refractivity contribution in [2.45, 2.75) is 23.0 Å². The highest BCUT2D eigenvalue weighted by Crippen LogP contribution is 2.18. The monoisotopic (exact) mass is 227 g/mol. The highest BCUT2D eigenvalue weighted by molar-refractivity contribution is 7.85. The van der Waals surface area contributed by atoms with Crippen LogP contribution in [0.3, 0.4) is 0 Å². The van der Waals surface area contributed by atoms with E-state index in [1.165, 1.54) is 12.1 Å². The molecule has 15 heavy (non-hydrogen) atoms. The Hall–Kier alpha value is -0.740. The Kier molecular flexibility index (Phi) is 3.49. The second kappa shape index (κ2) is 4.86. The van der Waals surface area contributed by atoms with Gasteiger partial charge in [0.1, 0.15) is 5.82 Å². The number of halogens is 1. The van der Waals surface area contributed by atoms with Crippen LogP contribution in [0.25, 0.3) is 0 Å². The molecule has 1 saturated heterocycles. The van der Waals surface area contributed by atoms with Crippen LogP contribution in [0.1, 0.15) is 12.8 Å². The van der Waals surface area contributed by atoms with Crippen molar-refractivity contribution >= 4 is 10.8 Å². The van der Waals surface area contributed by atoms with Gasteiger partial charge >= 0.3 is 0 Å². The zero-order valence-corrected chi connectivity index (χ0v) is 9.23. The first kappa shape index (κ1) is 10.8. The van der Waals surface area contributed by atoms with Gasteiger partial charge in [-0.15, -0.1) is 0 Å². The van der Waals surface area contributed by atoms with Gasteiger partial charge in [0.15, 0.2) is 0 Å². The Labute approximate surface area is 91.3 Å². The highest BCUT2D eigenvalue weighted by atomic mass is 32.2. The summed E-state index contributed by atoms with van der Waals surface area (Å²) in [5.41, 5.74) is 0. The fourth-order valence-corrected chi connectivity index (χ4v) is 3.22. The van der Waals surface area contributed by atoms with Crippen LogP contribution >= 0.6 is 0 Å². The fourth-order valence-electron chi connectivity index (χ4n) is 1.77. The summed E-state index contributed by atoms with van der Waals surface area (Å²) in [6.45, 7) is 1.86. The minimum absolute atomic E-state index is 0.219. The summed E-state index contributed by atoms with van der Waals surface area (Å²) in [6.07, 6.45) is 1.87. The van der Waals surface area contributed by atoms with E-state index in [2.05, 4.69) is 5.32 Å². The number of hydrogen-bond donors (Lipinski definition) is 1. The predicted molar refractivity (Wildman–Crippen MR) is 58.7 cm³/mol. The van der Waals surface area contributed by atoms with Gasteiger partial charge in [0.05, 0.1) is 10.8 Å². The zero-order valence-electron chi connectivity index (χ0n) is 8.41. The first-order valence-electron chi connectivity index (χ1n) is 5.14. The molecule has 2 rings (SSSR count). The molecule has 4 heteroatoms. The summed E-state index contributed by atoms with van der Waals surface area (Å²) in [4.78, 5) is 0.739. The van der Waals surface area contributed by atoms with Gasteiger partial charge in [0.25, 0.3) is 0 Å². The third-order valence-corrected chi connectivity index (χ3v) is 4.45. The van der Waals surface area contributed by atoms with Crippen molar-refractivity contribution in [1.82, 2.24) is 5.32 Å². The number of rotatable bonds is 2. The van der Waals surface area contributed by atoms with Crippen LogP contribution in [0.5, 0.6) is 0 Å². The molecule has 0 aliphatic carbocycles. The Balaban J connectivity index is 2.09. The molecule has 82 valence electrons. The molecule has 1 fully saturated rings. The summed E-state index contributed by atoms with van der Waals surface area (Å²) < 4.78 is 24.8. The van der Waals surface area contributed by atoms with E-state index in [4.69, 9.17) is 0 Å². The molecule has 1 N–H and O–H groups in total. The number of hydrogen-bond acceptors (Lipinski definition) is 2. The van der Waals surface area contributed by atoms with Crippen LogP contribution in [-0.2, 0) is 10.8 Å². The van der Waals surface area contributed by atoms with Crippen molar-refractivity contribution in [3.8, 4) is 0 Å². The summed E-state index contributed by atoms with van der Waals surface area (Å²) in [6, 6.07) is 5.98. The van der Waals surface area contributed by atoms with E-state index in [0.29, 0.717) is 0 Å². The van der Waals surface area contributed by atoms with Crippen molar-refractivity contribution < 1.29 is 8.60 Å². The molecule has 1 unspecified atom stereocenters. The van der Waals surface area contributed by atoms with Gasteiger partial charge < -0.3 is 5.32 Å². The molecule has 0 saturated carbocycles. The molecule has 1 aliphatic rings. The van der Waals surface area contributed by atoms with Gasteiger partial charge in [0, 0.05) is 10.1 Å². The molecule has 2 nitrogen and oxygen atoms in total. The van der Waals surface area contributed by atoms with Crippen LogP contribution in [0.15, 0.2) is 29.2 Å². The smallest absolute Gasteiger partial charge is 0.123 e. The number of benzene rings is 1. The van der Waals surface area contributed by atoms with Crippen LogP contribution in [-0.4, -0.2) is 22.5 Å². The molecule has 0 bridgehead atoms. The molecule has 0 spiro atoms. The SMILES string of the molecule is O=S(c1ccc(F)cc1)C1CCNCC1. The van der Waals surface area contributed by atoms with Crippen LogP contribution < -0.4 is 5.32 Å². The molecular weight excluding hydrogens is 213 g/mol. The lowest BCUT2D eigenvalue weighted by Gasteiger charge is -2.21. The average Bonchev–Trinajstić information content (AvgIpc) is 2.30. The molecule has 0 amide bonds. The van der Waals surface area contributed by atoms with E-state index in [-0.39, 0.29) is 11.1 Å². The van der Waals surface area contributed by atoms with E-state index in [1.807, 2.05) is 0 Å². The summed E-state index contributed by atoms with van der Waals surface area (Å²) in [7, 11) is -0.985. The third-order valence-electron chi connectivity index (χ3n) is 2.63. The van der Waals surface area contributed by atoms with Crippen LogP contribution in [0, 0.1) is 5.82 Å². The van der Waals surface area contributed by atoms with E-state index in [1.54, 1.807) is 12.1 Å². The molecule has 0 aromatic heterocycles. The van der Waals surface area contributed by atoms with Crippen molar-refractivity contribution in [1.29, 1.82) is 0 Å². The second-order valence-corrected chi connectivity index (χ2v) is 5.43. The van der Waals surface area contributed by atoms with Crippen molar-refractivity contribution in [3.05, 3.63) is 30.1 Å². The van der Waals surface area contributed by atoms with E-state index >= 15 is 0 Å². The van der Waals surface area contributed by atoms with Gasteiger partial charge in [-0.25, -0.2) is 4.39 Å². The normalized spacial score (nSPS) is 20.1. The summed E-state index contributed by atoms with van der Waals surface area (Å²) >= 11 is 0. The van der Waals surface area contributed by atoms with E-state index < -0.39 is 10.8 Å². The Morgan fingerprint density at radius 3 is 2.40 bits per heavy atom. The lowest BCUT2D eigenvalue weighted by molar-refractivity contribution is 0.519. The lowest BCUT2D eigenvalue weighted by Crippen LogP contribution is -2.33. The van der Waals surface area contributed by atoms with Crippen LogP contribution in [0.4, 0.5) is 4.39 Å². The van der Waals surface area contributed by atoms with Gasteiger partial charge in [-0.2, -0.15) is 0 Å². The van der Waals surface area contributed by atoms with Crippen molar-refractivity contribution in [3.63, 3.8) is 0 Å². The minimum atomic E-state index is -0.985. The molecule has 1 heterocycles. The van der Waals surface area contributed by atoms with Crippen LogP contribution in [0.2, 0.25) is 0 Å². The van der Waals surface area contributed by atoms with Gasteiger partial charge in [-0.1, -0.05) is 0 Å². The molecular formula is C11H14FNOS. The Morgan fingerprint density at radius 2 is 1.80 bits per heavy atom. The molecule has 1 aliphatic heterocycles. The maximum absolute atomic E-state index is 12.7. The zero-order chi connectivity index (χ0) is 10.7. The van der Waals surface area contributed by atoms with E-state index in [0.717, 1.165) is 30.8 Å². The van der Waals surface area contributed by atoms with Crippen molar-refractivity contribution in [2.75, 3.05) is 13.1 Å². The standard InChI is InChI=1S/C11H14FNOS/c12-9-1-3-10(4-2-9)15(14)11-5-7-13-8-6-11/h1-4,11,13H,5-8H2. The highest BCUT2D eigenvalue weighted by Gasteiger charge is 2.20. The minimum Gasteiger partial charge on any atom is -0.317 e. The number of nitrogens with one attached hydrogen (secondary N) is 1. The number of piperidine rings is 1. The summed E-state index contributed by atoms with van der Waals surface area (Å²) in [5.74, 6) is -0.277. The lowest BCUT2D eigenvalue weighted by atomic mass is 10.2. The molecule has 1 aromatic carbocycles. The quantitative estimate of drug-likeness (QED) is 0.833. The van der Waals surface area contributed by atoms with Gasteiger partial charge in [0.2, 0.25) is 0 Å². The second-order valence-electron chi connectivity index (χ2n) is 3.70. The first-order valence-corrected chi connectivity index (χ1v) is 6.35. The molecule has 1 atom stereocenters. The maximum Gasteiger partial charge on any atom is 0.123 e.